The van der Waals surface area contributed by atoms with E-state index in [2.05, 4.69) is 39.9 Å². The minimum Gasteiger partial charge on any atom is -0.387 e. The Labute approximate surface area is 138 Å². The van der Waals surface area contributed by atoms with Gasteiger partial charge in [0.2, 0.25) is 5.95 Å². The number of nitrogens with one attached hydrogen (secondary N) is 1. The maximum absolute atomic E-state index is 10.5. The number of ether oxygens (including phenoxy) is 1. The van der Waals surface area contributed by atoms with E-state index in [4.69, 9.17) is 16.3 Å². The van der Waals surface area contributed by atoms with Crippen molar-refractivity contribution in [1.29, 1.82) is 0 Å². The van der Waals surface area contributed by atoms with Gasteiger partial charge in [0.25, 0.3) is 0 Å². The summed E-state index contributed by atoms with van der Waals surface area (Å²) in [6.45, 7) is 2.11. The zero-order chi connectivity index (χ0) is 16.6. The van der Waals surface area contributed by atoms with E-state index in [0.29, 0.717) is 11.2 Å². The third-order valence-electron chi connectivity index (χ3n) is 4.03. The van der Waals surface area contributed by atoms with E-state index in [9.17, 15) is 5.11 Å². The molecule has 4 atom stereocenters. The fraction of sp³-hybridized carbons (Fsp3) is 0.615. The fourth-order valence-electron chi connectivity index (χ4n) is 2.79. The number of aromatic nitrogens is 4. The Kier molecular flexibility index (Phi) is 4.57. The largest absolute Gasteiger partial charge is 0.387 e. The molecule has 0 radical (unpaired) electrons. The van der Waals surface area contributed by atoms with Gasteiger partial charge in [-0.25, -0.2) is 10.8 Å². The van der Waals surface area contributed by atoms with Crippen molar-refractivity contribution in [2.45, 2.75) is 49.9 Å². The summed E-state index contributed by atoms with van der Waals surface area (Å²) in [5.41, 5.74) is 9.11. The van der Waals surface area contributed by atoms with Crippen molar-refractivity contribution in [2.24, 2.45) is 5.84 Å². The second-order valence-electron chi connectivity index (χ2n) is 5.59. The Morgan fingerprint density at radius 3 is 2.96 bits per heavy atom. The van der Waals surface area contributed by atoms with Crippen LogP contribution in [0.2, 0.25) is 0 Å². The van der Waals surface area contributed by atoms with Crippen molar-refractivity contribution in [1.82, 2.24) is 19.5 Å². The van der Waals surface area contributed by atoms with Gasteiger partial charge in [0, 0.05) is 0 Å². The number of hydrogen-bond donors (Lipinski definition) is 5. The molecule has 0 saturated carbocycles. The number of aliphatic hydroxyl groups is 1. The molecule has 0 amide bonds. The van der Waals surface area contributed by atoms with Crippen LogP contribution in [0.5, 0.6) is 0 Å². The van der Waals surface area contributed by atoms with E-state index in [0.717, 1.165) is 19.3 Å². The maximum Gasteiger partial charge on any atom is 0.241 e. The minimum atomic E-state index is -0.775. The third-order valence-corrected chi connectivity index (χ3v) is 4.67. The Hall–Kier alpha value is -1.62. The number of nitrogens with two attached hydrogens (primary N) is 2. The monoisotopic (exact) mass is 339 g/mol. The van der Waals surface area contributed by atoms with E-state index >= 15 is 0 Å². The molecule has 23 heavy (non-hydrogen) atoms. The first-order valence-electron chi connectivity index (χ1n) is 7.55. The van der Waals surface area contributed by atoms with Crippen molar-refractivity contribution in [3.05, 3.63) is 6.33 Å². The van der Waals surface area contributed by atoms with E-state index in [-0.39, 0.29) is 23.1 Å². The van der Waals surface area contributed by atoms with Gasteiger partial charge in [0.05, 0.1) is 17.7 Å². The summed E-state index contributed by atoms with van der Waals surface area (Å²) in [5, 5.41) is 10.2. The highest BCUT2D eigenvalue weighted by molar-refractivity contribution is 7.81. The van der Waals surface area contributed by atoms with Gasteiger partial charge < -0.3 is 15.6 Å². The average molecular weight is 339 g/mol. The summed E-state index contributed by atoms with van der Waals surface area (Å²) >= 11 is 4.50. The normalized spacial score (nSPS) is 27.7. The first-order valence-corrected chi connectivity index (χ1v) is 8.06. The molecule has 1 aliphatic heterocycles. The Bertz CT molecular complexity index is 694. The molecule has 2 aromatic rings. The first-order chi connectivity index (χ1) is 11.1. The third kappa shape index (κ3) is 2.82. The van der Waals surface area contributed by atoms with E-state index in [1.165, 1.54) is 6.33 Å². The Balaban J connectivity index is 1.95. The predicted octanol–water partition coefficient (Wildman–Crippen LogP) is 0.441. The molecule has 1 fully saturated rings. The van der Waals surface area contributed by atoms with Crippen molar-refractivity contribution < 1.29 is 9.84 Å². The molecular weight excluding hydrogens is 318 g/mol. The van der Waals surface area contributed by atoms with Gasteiger partial charge in [-0.15, -0.1) is 0 Å². The summed E-state index contributed by atoms with van der Waals surface area (Å²) in [4.78, 5) is 12.5. The number of nitrogen functional groups attached to an aromatic ring is 2. The van der Waals surface area contributed by atoms with Gasteiger partial charge in [0.15, 0.2) is 17.7 Å². The molecule has 0 aromatic carbocycles. The topological polar surface area (TPSA) is 137 Å². The highest BCUT2D eigenvalue weighted by Crippen LogP contribution is 2.36. The van der Waals surface area contributed by atoms with Gasteiger partial charge in [-0.1, -0.05) is 19.8 Å². The summed E-state index contributed by atoms with van der Waals surface area (Å²) in [6, 6.07) is 0. The molecule has 1 saturated heterocycles. The molecule has 0 bridgehead atoms. The maximum atomic E-state index is 10.5. The van der Waals surface area contributed by atoms with Crippen LogP contribution >= 0.6 is 12.6 Å². The van der Waals surface area contributed by atoms with Crippen LogP contribution in [0.25, 0.3) is 11.2 Å². The van der Waals surface area contributed by atoms with E-state index < -0.39 is 12.3 Å². The van der Waals surface area contributed by atoms with Gasteiger partial charge >= 0.3 is 0 Å². The quantitative estimate of drug-likeness (QED) is 0.301. The number of nitrogens with zero attached hydrogens (tertiary/aromatic N) is 4. The van der Waals surface area contributed by atoms with Gasteiger partial charge in [-0.3, -0.25) is 9.99 Å². The van der Waals surface area contributed by atoms with Crippen LogP contribution in [0.15, 0.2) is 6.33 Å². The predicted molar refractivity (Wildman–Crippen MR) is 89.8 cm³/mol. The Morgan fingerprint density at radius 2 is 2.26 bits per heavy atom. The number of hydrazine groups is 1. The second kappa shape index (κ2) is 6.48. The number of anilines is 2. The second-order valence-corrected chi connectivity index (χ2v) is 6.19. The summed E-state index contributed by atoms with van der Waals surface area (Å²) in [7, 11) is 0. The van der Waals surface area contributed by atoms with Crippen LogP contribution in [0.1, 0.15) is 32.4 Å². The number of imidazole rings is 1. The fourth-order valence-corrected chi connectivity index (χ4v) is 3.16. The van der Waals surface area contributed by atoms with Crippen LogP contribution in [0, 0.1) is 0 Å². The SMILES string of the molecule is CCCC[C@H]1O[C@@H](n2cnc3c(N)nc(NN)nc32)[C@H](O)[C@@H]1S. The number of thiol groups is 1. The van der Waals surface area contributed by atoms with E-state index in [1.807, 2.05) is 0 Å². The van der Waals surface area contributed by atoms with Gasteiger partial charge in [-0.05, 0) is 6.42 Å². The van der Waals surface area contributed by atoms with Gasteiger partial charge in [-0.2, -0.15) is 22.6 Å². The molecule has 3 heterocycles. The number of hydrogen-bond acceptors (Lipinski definition) is 9. The van der Waals surface area contributed by atoms with Crippen LogP contribution < -0.4 is 17.0 Å². The first kappa shape index (κ1) is 16.2. The zero-order valence-corrected chi connectivity index (χ0v) is 13.6. The Morgan fingerprint density at radius 1 is 1.48 bits per heavy atom. The lowest BCUT2D eigenvalue weighted by Gasteiger charge is -2.17. The number of aliphatic hydroxyl groups excluding tert-OH is 1. The summed E-state index contributed by atoms with van der Waals surface area (Å²) < 4.78 is 7.64. The molecule has 1 aliphatic rings. The van der Waals surface area contributed by atoms with Crippen molar-refractivity contribution in [3.8, 4) is 0 Å². The molecule has 0 unspecified atom stereocenters. The highest BCUT2D eigenvalue weighted by Gasteiger charge is 2.42. The molecular formula is C13H21N7O2S. The molecule has 0 spiro atoms. The van der Waals surface area contributed by atoms with Gasteiger partial charge in [0.1, 0.15) is 11.6 Å². The number of fused-ring (bicyclic) bond motifs is 1. The van der Waals surface area contributed by atoms with Crippen molar-refractivity contribution in [3.63, 3.8) is 0 Å². The molecule has 9 nitrogen and oxygen atoms in total. The van der Waals surface area contributed by atoms with E-state index in [1.54, 1.807) is 4.57 Å². The molecule has 2 aromatic heterocycles. The van der Waals surface area contributed by atoms with Crippen LogP contribution in [-0.4, -0.2) is 42.1 Å². The molecule has 3 rings (SSSR count). The standard InChI is InChI=1S/C13H21N7O2S/c1-2-3-4-6-9(23)8(21)12(22-6)20-5-16-7-10(14)17-13(19-15)18-11(7)20/h5-6,8-9,12,21,23H,2-4,15H2,1H3,(H3,14,17,18,19)/t6-,8-,9-,12-/m1/s1. The number of unbranched alkanes of at least 4 members (excludes halogenated alkanes) is 1. The molecule has 0 aliphatic carbocycles. The minimum absolute atomic E-state index is 0.123. The zero-order valence-electron chi connectivity index (χ0n) is 12.8. The van der Waals surface area contributed by atoms with Crippen LogP contribution in [-0.2, 0) is 4.74 Å². The summed E-state index contributed by atoms with van der Waals surface area (Å²) in [5.74, 6) is 5.74. The summed E-state index contributed by atoms with van der Waals surface area (Å²) in [6.07, 6.45) is 2.94. The van der Waals surface area contributed by atoms with Crippen molar-refractivity contribution in [2.75, 3.05) is 11.2 Å². The molecule has 10 heteroatoms. The smallest absolute Gasteiger partial charge is 0.241 e. The van der Waals surface area contributed by atoms with Crippen LogP contribution in [0.4, 0.5) is 11.8 Å². The lowest BCUT2D eigenvalue weighted by atomic mass is 10.1. The lowest BCUT2D eigenvalue weighted by Crippen LogP contribution is -2.27. The average Bonchev–Trinajstić information content (AvgIpc) is 3.08. The number of rotatable bonds is 5. The lowest BCUT2D eigenvalue weighted by molar-refractivity contribution is -0.0372. The van der Waals surface area contributed by atoms with Crippen molar-refractivity contribution >= 4 is 35.6 Å². The van der Waals surface area contributed by atoms with Crippen LogP contribution in [0.3, 0.4) is 0 Å². The highest BCUT2D eigenvalue weighted by atomic mass is 32.1. The molecule has 6 N–H and O–H groups in total. The molecule has 126 valence electrons.